The molecule has 9 atom stereocenters. The summed E-state index contributed by atoms with van der Waals surface area (Å²) in [6.45, 7) is -0.312. The fraction of sp³-hybridized carbons (Fsp3) is 0.929. The summed E-state index contributed by atoms with van der Waals surface area (Å²) in [5.74, 6) is -0.618. The summed E-state index contributed by atoms with van der Waals surface area (Å²) in [6, 6.07) is -1.35. The predicted molar refractivity (Wildman–Crippen MR) is 91.0 cm³/mol. The van der Waals surface area contributed by atoms with Gasteiger partial charge in [0.05, 0.1) is 19.8 Å². The van der Waals surface area contributed by atoms with E-state index in [0.29, 0.717) is 0 Å². The monoisotopic (exact) mass is 433 g/mol. The maximum absolute atomic E-state index is 11.4. The first-order valence-corrected chi connectivity index (χ1v) is 10.4. The molecule has 166 valence electrons. The number of nitrogens with one attached hydrogen (secondary N) is 1. The smallest absolute Gasteiger partial charge is 0.325 e. The molecule has 13 nitrogen and oxygen atoms in total. The van der Waals surface area contributed by atoms with Crippen LogP contribution < -0.4 is 5.32 Å². The van der Waals surface area contributed by atoms with E-state index in [1.54, 1.807) is 0 Å². The highest BCUT2D eigenvalue weighted by molar-refractivity contribution is 7.51. The number of aliphatic hydroxyl groups excluding tert-OH is 6. The van der Waals surface area contributed by atoms with Gasteiger partial charge in [0.25, 0.3) is 0 Å². The van der Waals surface area contributed by atoms with Gasteiger partial charge in [0.2, 0.25) is 5.91 Å². The molecule has 0 aromatic heterocycles. The summed E-state index contributed by atoms with van der Waals surface area (Å²) < 4.78 is 26.8. The lowest BCUT2D eigenvalue weighted by molar-refractivity contribution is -0.294. The molecule has 0 aromatic rings. The van der Waals surface area contributed by atoms with Crippen LogP contribution in [0.2, 0.25) is 0 Å². The molecule has 0 aliphatic carbocycles. The molecule has 0 bridgehead atoms. The lowest BCUT2D eigenvalue weighted by Gasteiger charge is -2.43. The Hall–Kier alpha value is -0.700. The molecule has 1 rings (SSSR count). The normalized spacial score (nSPS) is 33.5. The highest BCUT2D eigenvalue weighted by atomic mass is 31.2. The molecule has 6 unspecified atom stereocenters. The molecular formula is C14H28NO12P. The number of hydrogen-bond acceptors (Lipinski definition) is 11. The number of amides is 1. The van der Waals surface area contributed by atoms with Gasteiger partial charge in [-0.2, -0.15) is 0 Å². The van der Waals surface area contributed by atoms with Crippen LogP contribution in [0.15, 0.2) is 0 Å². The fourth-order valence-electron chi connectivity index (χ4n) is 2.54. The van der Waals surface area contributed by atoms with Crippen molar-refractivity contribution in [3.63, 3.8) is 0 Å². The Morgan fingerprint density at radius 2 is 1.86 bits per heavy atom. The van der Waals surface area contributed by atoms with Crippen LogP contribution >= 0.6 is 7.60 Å². The van der Waals surface area contributed by atoms with Crippen molar-refractivity contribution in [1.82, 2.24) is 5.32 Å². The molecule has 1 fully saturated rings. The zero-order chi connectivity index (χ0) is 21.6. The molecule has 1 heterocycles. The molecule has 8 N–H and O–H groups in total. The van der Waals surface area contributed by atoms with Gasteiger partial charge in [-0.1, -0.05) is 0 Å². The van der Waals surface area contributed by atoms with Gasteiger partial charge in [-0.25, -0.2) is 0 Å². The van der Waals surface area contributed by atoms with Crippen molar-refractivity contribution < 1.29 is 58.9 Å². The Kier molecular flexibility index (Phi) is 9.86. The van der Waals surface area contributed by atoms with E-state index < -0.39 is 82.3 Å². The van der Waals surface area contributed by atoms with Crippen molar-refractivity contribution >= 4 is 13.5 Å². The summed E-state index contributed by atoms with van der Waals surface area (Å²) in [6.07, 6.45) is -11.1. The second-order valence-corrected chi connectivity index (χ2v) is 8.31. The maximum Gasteiger partial charge on any atom is 0.325 e. The molecule has 0 spiro atoms. The minimum Gasteiger partial charge on any atom is -0.394 e. The van der Waals surface area contributed by atoms with E-state index in [-0.39, 0.29) is 0 Å². The summed E-state index contributed by atoms with van der Waals surface area (Å²) >= 11 is 0. The fourth-order valence-corrected chi connectivity index (χ4v) is 2.97. The Balaban J connectivity index is 3.07. The molecular weight excluding hydrogens is 405 g/mol. The van der Waals surface area contributed by atoms with Gasteiger partial charge in [0.15, 0.2) is 6.29 Å². The highest BCUT2D eigenvalue weighted by Crippen LogP contribution is 2.37. The molecule has 0 radical (unpaired) electrons. The van der Waals surface area contributed by atoms with E-state index in [1.807, 2.05) is 0 Å². The minimum absolute atomic E-state index is 0.618. The third kappa shape index (κ3) is 7.28. The Labute approximate surface area is 161 Å². The quantitative estimate of drug-likeness (QED) is 0.154. The average Bonchev–Trinajstić information content (AvgIpc) is 2.61. The number of hydrogen-bond donors (Lipinski definition) is 8. The molecule has 28 heavy (non-hydrogen) atoms. The first-order chi connectivity index (χ1) is 12.9. The maximum atomic E-state index is 11.4. The summed E-state index contributed by atoms with van der Waals surface area (Å²) in [5.41, 5.74) is 0. The molecule has 1 aliphatic heterocycles. The van der Waals surface area contributed by atoms with Crippen LogP contribution in [0.4, 0.5) is 0 Å². The van der Waals surface area contributed by atoms with Gasteiger partial charge in [-0.3, -0.25) is 9.36 Å². The molecule has 14 heteroatoms. The SMILES string of the molecule is CC(=O)NC1[C@H](OC(COP(C)(=O)O)C(O)C(O)CO)OC(CO)[C@@H](O)[C@@H]1O. The van der Waals surface area contributed by atoms with Crippen LogP contribution in [0.25, 0.3) is 0 Å². The zero-order valence-electron chi connectivity index (χ0n) is 15.4. The number of carbonyl (C=O) groups excluding carboxylic acids is 1. The standard InChI is InChI=1S/C14H28NO12P/c1-6(18)15-10-13(22)12(21)8(4-17)26-14(10)27-9(5-25-28(2,23)24)11(20)7(19)3-16/h7-14,16-17,19-22H,3-5H2,1-2H3,(H,15,18)(H,23,24)/t7?,8?,9?,10?,11?,12-,13-,14+/m1/s1. The van der Waals surface area contributed by atoms with Gasteiger partial charge >= 0.3 is 7.60 Å². The van der Waals surface area contributed by atoms with Crippen LogP contribution in [0.1, 0.15) is 6.92 Å². The van der Waals surface area contributed by atoms with Crippen molar-refractivity contribution in [3.05, 3.63) is 0 Å². The Bertz CT molecular complexity index is 544. The minimum atomic E-state index is -4.00. The lowest BCUT2D eigenvalue weighted by Crippen LogP contribution is -2.65. The third-order valence-electron chi connectivity index (χ3n) is 4.00. The van der Waals surface area contributed by atoms with Gasteiger partial charge < -0.3 is 54.8 Å². The summed E-state index contributed by atoms with van der Waals surface area (Å²) in [5, 5.41) is 60.6. The van der Waals surface area contributed by atoms with E-state index in [4.69, 9.17) is 19.1 Å². The highest BCUT2D eigenvalue weighted by Gasteiger charge is 2.47. The van der Waals surface area contributed by atoms with Crippen molar-refractivity contribution in [3.8, 4) is 0 Å². The van der Waals surface area contributed by atoms with Crippen molar-refractivity contribution in [2.45, 2.75) is 55.9 Å². The van der Waals surface area contributed by atoms with Crippen molar-refractivity contribution in [2.75, 3.05) is 26.5 Å². The van der Waals surface area contributed by atoms with Crippen LogP contribution in [0.5, 0.6) is 0 Å². The summed E-state index contributed by atoms with van der Waals surface area (Å²) in [7, 11) is -4.00. The average molecular weight is 433 g/mol. The van der Waals surface area contributed by atoms with E-state index in [2.05, 4.69) is 5.32 Å². The second kappa shape index (κ2) is 10.9. The van der Waals surface area contributed by atoms with Crippen LogP contribution in [-0.2, 0) is 23.4 Å². The third-order valence-corrected chi connectivity index (χ3v) is 4.63. The molecule has 1 amide bonds. The van der Waals surface area contributed by atoms with E-state index >= 15 is 0 Å². The topological polar surface area (TPSA) is 215 Å². The van der Waals surface area contributed by atoms with Crippen LogP contribution in [0, 0.1) is 0 Å². The Morgan fingerprint density at radius 3 is 2.32 bits per heavy atom. The molecule has 1 saturated heterocycles. The summed E-state index contributed by atoms with van der Waals surface area (Å²) in [4.78, 5) is 20.7. The van der Waals surface area contributed by atoms with Crippen molar-refractivity contribution in [1.29, 1.82) is 0 Å². The zero-order valence-corrected chi connectivity index (χ0v) is 16.3. The van der Waals surface area contributed by atoms with Crippen LogP contribution in [-0.4, -0.2) is 117 Å². The van der Waals surface area contributed by atoms with Gasteiger partial charge in [-0.15, -0.1) is 0 Å². The van der Waals surface area contributed by atoms with Gasteiger partial charge in [-0.05, 0) is 0 Å². The largest absolute Gasteiger partial charge is 0.394 e. The van der Waals surface area contributed by atoms with E-state index in [0.717, 1.165) is 13.6 Å². The van der Waals surface area contributed by atoms with E-state index in [9.17, 15) is 39.8 Å². The molecule has 0 saturated carbocycles. The number of aliphatic hydroxyl groups is 6. The van der Waals surface area contributed by atoms with Crippen LogP contribution in [0.3, 0.4) is 0 Å². The molecule has 1 aliphatic rings. The number of ether oxygens (including phenoxy) is 2. The lowest BCUT2D eigenvalue weighted by atomic mass is 9.96. The van der Waals surface area contributed by atoms with Gasteiger partial charge in [0, 0.05) is 13.6 Å². The first-order valence-electron chi connectivity index (χ1n) is 8.38. The van der Waals surface area contributed by atoms with Crippen molar-refractivity contribution in [2.24, 2.45) is 0 Å². The number of carbonyl (C=O) groups is 1. The molecule has 0 aromatic carbocycles. The van der Waals surface area contributed by atoms with Gasteiger partial charge in [0.1, 0.15) is 42.7 Å². The van der Waals surface area contributed by atoms with E-state index in [1.165, 1.54) is 0 Å². The Morgan fingerprint density at radius 1 is 1.25 bits per heavy atom. The second-order valence-electron chi connectivity index (χ2n) is 6.45. The predicted octanol–water partition coefficient (Wildman–Crippen LogP) is -4.14. The first kappa shape index (κ1) is 25.3. The number of rotatable bonds is 10.